The zero-order chi connectivity index (χ0) is 17.1. The van der Waals surface area contributed by atoms with E-state index in [0.717, 1.165) is 33.7 Å². The van der Waals surface area contributed by atoms with Gasteiger partial charge < -0.3 is 14.8 Å². The Morgan fingerprint density at radius 3 is 2.80 bits per heavy atom. The van der Waals surface area contributed by atoms with Crippen molar-refractivity contribution in [2.24, 2.45) is 0 Å². The van der Waals surface area contributed by atoms with Crippen molar-refractivity contribution in [3.8, 4) is 11.5 Å². The van der Waals surface area contributed by atoms with Crippen molar-refractivity contribution in [1.29, 1.82) is 0 Å². The molecule has 0 unspecified atom stereocenters. The van der Waals surface area contributed by atoms with Crippen LogP contribution in [0.15, 0.2) is 54.7 Å². The van der Waals surface area contributed by atoms with Crippen molar-refractivity contribution in [3.63, 3.8) is 0 Å². The number of hydrogen-bond acceptors (Lipinski definition) is 4. The Morgan fingerprint density at radius 1 is 1.04 bits per heavy atom. The van der Waals surface area contributed by atoms with E-state index < -0.39 is 0 Å². The lowest BCUT2D eigenvalue weighted by Crippen LogP contribution is -2.16. The summed E-state index contributed by atoms with van der Waals surface area (Å²) in [7, 11) is 0. The highest BCUT2D eigenvalue weighted by Crippen LogP contribution is 2.31. The van der Waals surface area contributed by atoms with Gasteiger partial charge in [0.1, 0.15) is 13.2 Å². The molecule has 1 aromatic heterocycles. The van der Waals surface area contributed by atoms with E-state index in [2.05, 4.69) is 10.3 Å². The van der Waals surface area contributed by atoms with Gasteiger partial charge in [-0.2, -0.15) is 0 Å². The van der Waals surface area contributed by atoms with Gasteiger partial charge in [-0.1, -0.05) is 24.3 Å². The normalized spacial score (nSPS) is 12.8. The average Bonchev–Trinajstić information content (AvgIpc) is 2.66. The number of anilines is 1. The summed E-state index contributed by atoms with van der Waals surface area (Å²) in [5, 5.41) is 3.97. The third kappa shape index (κ3) is 3.40. The van der Waals surface area contributed by atoms with Gasteiger partial charge in [-0.3, -0.25) is 9.78 Å². The standard InChI is InChI=1S/C20H18N2O3/c23-19(22-16-5-1-3-15-4-2-10-21-20(15)16)9-7-14-6-8-17-18(13-14)25-12-11-24-17/h1-6,8,10,13H,7,9,11-12H2,(H,22,23). The maximum Gasteiger partial charge on any atom is 0.224 e. The molecule has 3 aromatic rings. The predicted octanol–water partition coefficient (Wildman–Crippen LogP) is 3.58. The molecule has 0 radical (unpaired) electrons. The number of amides is 1. The molecule has 126 valence electrons. The molecule has 0 atom stereocenters. The first-order valence-corrected chi connectivity index (χ1v) is 8.32. The van der Waals surface area contributed by atoms with Crippen molar-refractivity contribution < 1.29 is 14.3 Å². The summed E-state index contributed by atoms with van der Waals surface area (Å²) in [6.07, 6.45) is 2.76. The number of aromatic nitrogens is 1. The Balaban J connectivity index is 1.42. The van der Waals surface area contributed by atoms with Crippen LogP contribution in [0.1, 0.15) is 12.0 Å². The number of fused-ring (bicyclic) bond motifs is 2. The molecule has 2 aromatic carbocycles. The molecule has 4 rings (SSSR count). The van der Waals surface area contributed by atoms with Crippen molar-refractivity contribution in [2.45, 2.75) is 12.8 Å². The second-order valence-electron chi connectivity index (χ2n) is 5.91. The summed E-state index contributed by atoms with van der Waals surface area (Å²) in [4.78, 5) is 16.7. The Morgan fingerprint density at radius 2 is 1.88 bits per heavy atom. The van der Waals surface area contributed by atoms with E-state index in [0.29, 0.717) is 26.1 Å². The minimum atomic E-state index is -0.0342. The number of nitrogens with one attached hydrogen (secondary N) is 1. The predicted molar refractivity (Wildman–Crippen MR) is 96.1 cm³/mol. The Kier molecular flexibility index (Phi) is 4.21. The molecule has 5 nitrogen and oxygen atoms in total. The zero-order valence-corrected chi connectivity index (χ0v) is 13.7. The number of carbonyl (C=O) groups is 1. The van der Waals surface area contributed by atoms with Crippen LogP contribution in [0.4, 0.5) is 5.69 Å². The number of para-hydroxylation sites is 1. The molecular formula is C20H18N2O3. The number of hydrogen-bond donors (Lipinski definition) is 1. The molecule has 0 fully saturated rings. The molecule has 0 bridgehead atoms. The van der Waals surface area contributed by atoms with E-state index in [9.17, 15) is 4.79 Å². The van der Waals surface area contributed by atoms with Gasteiger partial charge in [-0.15, -0.1) is 0 Å². The molecule has 5 heteroatoms. The van der Waals surface area contributed by atoms with E-state index in [1.54, 1.807) is 6.20 Å². The van der Waals surface area contributed by atoms with Gasteiger partial charge in [-0.05, 0) is 36.2 Å². The average molecular weight is 334 g/mol. The summed E-state index contributed by atoms with van der Waals surface area (Å²) in [5.41, 5.74) is 2.60. The number of ether oxygens (including phenoxy) is 2. The molecule has 1 aliphatic heterocycles. The van der Waals surface area contributed by atoms with Crippen molar-refractivity contribution >= 4 is 22.5 Å². The minimum Gasteiger partial charge on any atom is -0.486 e. The van der Waals surface area contributed by atoms with Gasteiger partial charge in [0.2, 0.25) is 5.91 Å². The third-order valence-electron chi connectivity index (χ3n) is 4.15. The number of pyridine rings is 1. The van der Waals surface area contributed by atoms with Crippen LogP contribution in [0.5, 0.6) is 11.5 Å². The fraction of sp³-hybridized carbons (Fsp3) is 0.200. The molecule has 1 aliphatic rings. The van der Waals surface area contributed by atoms with Crippen LogP contribution in [0.2, 0.25) is 0 Å². The quantitative estimate of drug-likeness (QED) is 0.792. The fourth-order valence-electron chi connectivity index (χ4n) is 2.92. The topological polar surface area (TPSA) is 60.5 Å². The first-order valence-electron chi connectivity index (χ1n) is 8.32. The van der Waals surface area contributed by atoms with Crippen LogP contribution in [0, 0.1) is 0 Å². The molecule has 0 saturated heterocycles. The highest BCUT2D eigenvalue weighted by Gasteiger charge is 2.12. The van der Waals surface area contributed by atoms with E-state index in [-0.39, 0.29) is 5.91 Å². The van der Waals surface area contributed by atoms with Crippen molar-refractivity contribution in [1.82, 2.24) is 4.98 Å². The molecular weight excluding hydrogens is 316 g/mol. The second-order valence-corrected chi connectivity index (χ2v) is 5.91. The van der Waals surface area contributed by atoms with Crippen molar-refractivity contribution in [2.75, 3.05) is 18.5 Å². The second kappa shape index (κ2) is 6.81. The van der Waals surface area contributed by atoms with Crippen LogP contribution in [0.3, 0.4) is 0 Å². The molecule has 1 N–H and O–H groups in total. The number of carbonyl (C=O) groups excluding carboxylic acids is 1. The van der Waals surface area contributed by atoms with E-state index in [4.69, 9.17) is 9.47 Å². The monoisotopic (exact) mass is 334 g/mol. The van der Waals surface area contributed by atoms with E-state index >= 15 is 0 Å². The summed E-state index contributed by atoms with van der Waals surface area (Å²) in [6.45, 7) is 1.14. The van der Waals surface area contributed by atoms with Gasteiger partial charge in [0.05, 0.1) is 11.2 Å². The van der Waals surface area contributed by atoms with Gasteiger partial charge in [0.15, 0.2) is 11.5 Å². The van der Waals surface area contributed by atoms with Crippen LogP contribution in [0.25, 0.3) is 10.9 Å². The summed E-state index contributed by atoms with van der Waals surface area (Å²) < 4.78 is 11.1. The maximum absolute atomic E-state index is 12.3. The maximum atomic E-state index is 12.3. The van der Waals surface area contributed by atoms with Crippen LogP contribution in [-0.4, -0.2) is 24.1 Å². The van der Waals surface area contributed by atoms with Gasteiger partial charge in [0, 0.05) is 18.0 Å². The molecule has 25 heavy (non-hydrogen) atoms. The van der Waals surface area contributed by atoms with Crippen LogP contribution < -0.4 is 14.8 Å². The molecule has 0 aliphatic carbocycles. The Hall–Kier alpha value is -3.08. The number of nitrogens with zero attached hydrogens (tertiary/aromatic N) is 1. The largest absolute Gasteiger partial charge is 0.486 e. The minimum absolute atomic E-state index is 0.0342. The van der Waals surface area contributed by atoms with E-state index in [1.807, 2.05) is 48.5 Å². The van der Waals surface area contributed by atoms with Gasteiger partial charge in [0.25, 0.3) is 0 Å². The Labute approximate surface area is 145 Å². The first kappa shape index (κ1) is 15.4. The van der Waals surface area contributed by atoms with E-state index in [1.165, 1.54) is 0 Å². The number of aryl methyl sites for hydroxylation is 1. The molecule has 2 heterocycles. The summed E-state index contributed by atoms with van der Waals surface area (Å²) in [6, 6.07) is 15.5. The molecule has 1 amide bonds. The number of benzene rings is 2. The lowest BCUT2D eigenvalue weighted by molar-refractivity contribution is -0.116. The summed E-state index contributed by atoms with van der Waals surface area (Å²) >= 11 is 0. The molecule has 0 saturated carbocycles. The zero-order valence-electron chi connectivity index (χ0n) is 13.7. The van der Waals surface area contributed by atoms with Crippen molar-refractivity contribution in [3.05, 3.63) is 60.3 Å². The number of rotatable bonds is 4. The van der Waals surface area contributed by atoms with Gasteiger partial charge >= 0.3 is 0 Å². The third-order valence-corrected chi connectivity index (χ3v) is 4.15. The highest BCUT2D eigenvalue weighted by molar-refractivity contribution is 6.00. The summed E-state index contributed by atoms with van der Waals surface area (Å²) in [5.74, 6) is 1.48. The Bertz CT molecular complexity index is 918. The first-order chi connectivity index (χ1) is 12.3. The van der Waals surface area contributed by atoms with Crippen LogP contribution >= 0.6 is 0 Å². The van der Waals surface area contributed by atoms with Crippen LogP contribution in [-0.2, 0) is 11.2 Å². The SMILES string of the molecule is O=C(CCc1ccc2c(c1)OCCO2)Nc1cccc2cccnc12. The smallest absolute Gasteiger partial charge is 0.224 e. The highest BCUT2D eigenvalue weighted by atomic mass is 16.6. The molecule has 0 spiro atoms. The van der Waals surface area contributed by atoms with Gasteiger partial charge in [-0.25, -0.2) is 0 Å². The fourth-order valence-corrected chi connectivity index (χ4v) is 2.92. The lowest BCUT2D eigenvalue weighted by atomic mass is 10.1. The lowest BCUT2D eigenvalue weighted by Gasteiger charge is -2.18.